The molecule has 408 valence electrons. The summed E-state index contributed by atoms with van der Waals surface area (Å²) >= 11 is 0. The zero-order chi connectivity index (χ0) is 52.8. The van der Waals surface area contributed by atoms with Crippen molar-refractivity contribution in [3.05, 3.63) is 0 Å². The van der Waals surface area contributed by atoms with Gasteiger partial charge in [-0.3, -0.25) is 38.9 Å². The topological polar surface area (TPSA) is 327 Å². The second kappa shape index (κ2) is 39.9. The number of hydrogen-bond donors (Lipinski definition) is 11. The van der Waals surface area contributed by atoms with Crippen LogP contribution in [0.4, 0.5) is 0 Å². The number of carboxylic acid groups (broad SMARTS) is 4. The Morgan fingerprint density at radius 1 is 0.465 bits per heavy atom. The van der Waals surface area contributed by atoms with E-state index < -0.39 is 78.3 Å². The lowest BCUT2D eigenvalue weighted by molar-refractivity contribution is -0.144. The number of carbonyl (C=O) groups excluding carboxylic acids is 5. The fourth-order valence-electron chi connectivity index (χ4n) is 8.89. The highest BCUT2D eigenvalue weighted by molar-refractivity contribution is 5.86. The minimum Gasteiger partial charge on any atom is -0.481 e. The van der Waals surface area contributed by atoms with Gasteiger partial charge in [-0.2, -0.15) is 0 Å². The Balaban J connectivity index is 2.26. The van der Waals surface area contributed by atoms with E-state index in [4.69, 9.17) is 5.11 Å². The van der Waals surface area contributed by atoms with Gasteiger partial charge in [-0.1, -0.05) is 89.9 Å². The number of rotatable bonds is 45. The monoisotopic (exact) mass is 1010 g/mol. The summed E-state index contributed by atoms with van der Waals surface area (Å²) in [6, 6.07) is -4.48. The fraction of sp³-hybridized carbons (Fsp3) is 0.824. The maximum Gasteiger partial charge on any atom is 0.326 e. The number of carboxylic acids is 4. The van der Waals surface area contributed by atoms with Gasteiger partial charge in [-0.15, -0.1) is 0 Å². The van der Waals surface area contributed by atoms with Crippen LogP contribution in [0.15, 0.2) is 0 Å². The van der Waals surface area contributed by atoms with Crippen molar-refractivity contribution in [3.63, 3.8) is 0 Å². The Hall–Kier alpha value is -4.69. The van der Waals surface area contributed by atoms with Crippen molar-refractivity contribution in [1.29, 1.82) is 0 Å². The summed E-state index contributed by atoms with van der Waals surface area (Å²) in [5, 5.41) is 64.3. The molecule has 0 aromatic carbocycles. The summed E-state index contributed by atoms with van der Waals surface area (Å²) in [6.45, 7) is 2.35. The van der Waals surface area contributed by atoms with Crippen molar-refractivity contribution < 1.29 is 68.7 Å². The standard InChI is InChI=1S/C51H90N6O14/c1-36(58)39(52-2)21-19-20-34-53-44(60)31-28-40(49(66)67)55-45(61)32-29-41(50(68)69)56-46(62)33-30-42(51(70)71)57-48(65)38-26-24-37(25-27-38)35-54-43(59)22-17-15-13-11-9-7-5-3-4-6-8-10-12-14-16-18-23-47(63)64/h37-42,46,52,56,62H,3-35H2,1-2H3,(H,53,60)(H,54,59)(H,55,61)(H,57,65)(H,63,64)(H,66,67)(H,68,69)(H,70,71)/t37?,38?,39-,40-,41-,42-,46?/m0/s1. The van der Waals surface area contributed by atoms with Crippen molar-refractivity contribution in [2.45, 2.75) is 236 Å². The van der Waals surface area contributed by atoms with Crippen molar-refractivity contribution >= 4 is 53.3 Å². The molecule has 1 fully saturated rings. The first-order valence-electron chi connectivity index (χ1n) is 26.6. The molecular formula is C51H90N6O14. The Labute approximate surface area is 421 Å². The molecule has 0 aromatic rings. The average Bonchev–Trinajstić information content (AvgIpc) is 3.32. The zero-order valence-electron chi connectivity index (χ0n) is 42.8. The van der Waals surface area contributed by atoms with Crippen LogP contribution in [0.25, 0.3) is 0 Å². The van der Waals surface area contributed by atoms with Gasteiger partial charge >= 0.3 is 23.9 Å². The minimum absolute atomic E-state index is 0.0190. The highest BCUT2D eigenvalue weighted by atomic mass is 16.4. The van der Waals surface area contributed by atoms with Gasteiger partial charge in [0.2, 0.25) is 23.6 Å². The number of aliphatic hydroxyl groups is 1. The summed E-state index contributed by atoms with van der Waals surface area (Å²) in [5.41, 5.74) is 0. The van der Waals surface area contributed by atoms with E-state index in [1.807, 2.05) is 0 Å². The summed E-state index contributed by atoms with van der Waals surface area (Å²) in [4.78, 5) is 108. The summed E-state index contributed by atoms with van der Waals surface area (Å²) < 4.78 is 0. The van der Waals surface area contributed by atoms with Crippen molar-refractivity contribution in [2.24, 2.45) is 11.8 Å². The molecule has 0 aliphatic heterocycles. The lowest BCUT2D eigenvalue weighted by Crippen LogP contribution is -2.47. The van der Waals surface area contributed by atoms with E-state index in [0.717, 1.165) is 38.5 Å². The molecule has 0 saturated heterocycles. The lowest BCUT2D eigenvalue weighted by Gasteiger charge is -2.29. The maximum absolute atomic E-state index is 13.1. The second-order valence-electron chi connectivity index (χ2n) is 19.5. The van der Waals surface area contributed by atoms with Crippen LogP contribution in [0.2, 0.25) is 0 Å². The van der Waals surface area contributed by atoms with Gasteiger partial charge in [0.1, 0.15) is 30.1 Å². The first-order valence-corrected chi connectivity index (χ1v) is 26.6. The van der Waals surface area contributed by atoms with Gasteiger partial charge in [0.05, 0.1) is 6.04 Å². The Morgan fingerprint density at radius 2 is 0.930 bits per heavy atom. The molecule has 1 aliphatic rings. The normalized spacial score (nSPS) is 16.7. The quantitative estimate of drug-likeness (QED) is 0.0272. The molecule has 5 atom stereocenters. The highest BCUT2D eigenvalue weighted by Crippen LogP contribution is 2.29. The van der Waals surface area contributed by atoms with Gasteiger partial charge in [0.25, 0.3) is 0 Å². The molecule has 0 spiro atoms. The van der Waals surface area contributed by atoms with Gasteiger partial charge in [-0.05, 0) is 103 Å². The Bertz CT molecular complexity index is 1590. The molecule has 1 unspecified atom stereocenters. The third-order valence-corrected chi connectivity index (χ3v) is 13.4. The smallest absolute Gasteiger partial charge is 0.326 e. The molecule has 11 N–H and O–H groups in total. The first kappa shape index (κ1) is 64.3. The van der Waals surface area contributed by atoms with E-state index in [9.17, 15) is 63.6 Å². The summed E-state index contributed by atoms with van der Waals surface area (Å²) in [7, 11) is 1.69. The molecule has 1 rings (SSSR count). The number of Topliss-reactive ketones (excluding diaryl/α,β-unsaturated/α-hetero) is 1. The van der Waals surface area contributed by atoms with E-state index in [1.54, 1.807) is 7.05 Å². The predicted molar refractivity (Wildman–Crippen MR) is 267 cm³/mol. The number of likely N-dealkylation sites (N-methyl/N-ethyl adjacent to an activating group) is 1. The molecule has 0 heterocycles. The molecule has 0 aromatic heterocycles. The van der Waals surface area contributed by atoms with Crippen LogP contribution >= 0.6 is 0 Å². The molecule has 4 amide bonds. The molecule has 0 bridgehead atoms. The number of aliphatic hydroxyl groups excluding tert-OH is 1. The Kier molecular flexibility index (Phi) is 36.1. The van der Waals surface area contributed by atoms with Gasteiger partial charge in [0.15, 0.2) is 0 Å². The predicted octanol–water partition coefficient (Wildman–Crippen LogP) is 5.32. The fourth-order valence-corrected chi connectivity index (χ4v) is 8.89. The molecule has 1 saturated carbocycles. The number of amides is 4. The number of unbranched alkanes of at least 4 members (excludes halogenated alkanes) is 16. The van der Waals surface area contributed by atoms with Crippen LogP contribution in [-0.4, -0.2) is 129 Å². The lowest BCUT2D eigenvalue weighted by atomic mass is 9.81. The van der Waals surface area contributed by atoms with Crippen molar-refractivity contribution in [1.82, 2.24) is 31.9 Å². The minimum atomic E-state index is -1.51. The van der Waals surface area contributed by atoms with Crippen LogP contribution < -0.4 is 31.9 Å². The average molecular weight is 1010 g/mol. The molecule has 20 heteroatoms. The van der Waals surface area contributed by atoms with E-state index in [1.165, 1.54) is 71.1 Å². The van der Waals surface area contributed by atoms with Crippen LogP contribution in [0.5, 0.6) is 0 Å². The van der Waals surface area contributed by atoms with Crippen molar-refractivity contribution in [2.75, 3.05) is 20.1 Å². The molecule has 71 heavy (non-hydrogen) atoms. The number of carbonyl (C=O) groups is 9. The number of aliphatic carboxylic acids is 4. The SMILES string of the molecule is CN[C@@H](CCCCNC(=O)CC[C@H](NC(=O)CC[C@H](NC(O)CC[C@H](NC(=O)C1CCC(CNC(=O)CCCCCCCCCCCCCCCCCCC(=O)O)CC1)C(=O)O)C(=O)O)C(=O)O)C(C)=O. The molecule has 20 nitrogen and oxygen atoms in total. The first-order chi connectivity index (χ1) is 33.9. The number of nitrogens with one attached hydrogen (secondary N) is 6. The Morgan fingerprint density at radius 3 is 1.42 bits per heavy atom. The largest absolute Gasteiger partial charge is 0.481 e. The van der Waals surface area contributed by atoms with Crippen molar-refractivity contribution in [3.8, 4) is 0 Å². The van der Waals surface area contributed by atoms with Crippen LogP contribution in [0.3, 0.4) is 0 Å². The van der Waals surface area contributed by atoms with Gasteiger partial charge < -0.3 is 52.1 Å². The maximum atomic E-state index is 13.1. The third kappa shape index (κ3) is 33.6. The van der Waals surface area contributed by atoms with E-state index in [-0.39, 0.29) is 62.2 Å². The summed E-state index contributed by atoms with van der Waals surface area (Å²) in [6.07, 6.45) is 20.3. The summed E-state index contributed by atoms with van der Waals surface area (Å²) in [5.74, 6) is -6.60. The van der Waals surface area contributed by atoms with E-state index in [2.05, 4.69) is 31.9 Å². The van der Waals surface area contributed by atoms with E-state index in [0.29, 0.717) is 64.5 Å². The second-order valence-corrected chi connectivity index (χ2v) is 19.5. The molecular weight excluding hydrogens is 921 g/mol. The highest BCUT2D eigenvalue weighted by Gasteiger charge is 2.31. The molecule has 0 radical (unpaired) electrons. The van der Waals surface area contributed by atoms with Gasteiger partial charge in [0, 0.05) is 44.7 Å². The van der Waals surface area contributed by atoms with Crippen LogP contribution in [-0.2, 0) is 43.2 Å². The van der Waals surface area contributed by atoms with Crippen LogP contribution in [0.1, 0.15) is 206 Å². The van der Waals surface area contributed by atoms with E-state index >= 15 is 0 Å². The number of hydrogen-bond acceptors (Lipinski definition) is 12. The molecule has 1 aliphatic carbocycles. The third-order valence-electron chi connectivity index (χ3n) is 13.4. The van der Waals surface area contributed by atoms with Crippen LogP contribution in [0, 0.1) is 11.8 Å². The number of ketones is 1. The zero-order valence-corrected chi connectivity index (χ0v) is 42.8. The van der Waals surface area contributed by atoms with Gasteiger partial charge in [-0.25, -0.2) is 9.59 Å².